The molecule has 1 rings (SSSR count). The van der Waals surface area contributed by atoms with Crippen LogP contribution in [0.2, 0.25) is 0 Å². The first-order chi connectivity index (χ1) is 11.9. The summed E-state index contributed by atoms with van der Waals surface area (Å²) >= 11 is 0. The Balaban J connectivity index is 3.06. The van der Waals surface area contributed by atoms with Crippen LogP contribution in [0, 0.1) is 5.41 Å². The van der Waals surface area contributed by atoms with Gasteiger partial charge in [0.25, 0.3) is 0 Å². The number of carboxylic acids is 1. The lowest BCUT2D eigenvalue weighted by Crippen LogP contribution is -2.59. The third kappa shape index (κ3) is 5.42. The van der Waals surface area contributed by atoms with Crippen molar-refractivity contribution in [1.82, 2.24) is 20.9 Å². The molecule has 9 nitrogen and oxygen atoms in total. The van der Waals surface area contributed by atoms with Gasteiger partial charge in [0.05, 0.1) is 6.04 Å². The maximum atomic E-state index is 13.1. The van der Waals surface area contributed by atoms with Gasteiger partial charge in [-0.15, -0.1) is 0 Å². The van der Waals surface area contributed by atoms with Crippen LogP contribution in [0.15, 0.2) is 0 Å². The molecule has 1 fully saturated rings. The lowest BCUT2D eigenvalue weighted by Gasteiger charge is -2.35. The predicted octanol–water partition coefficient (Wildman–Crippen LogP) is -0.685. The van der Waals surface area contributed by atoms with E-state index in [1.165, 1.54) is 11.8 Å². The molecule has 1 aliphatic rings. The van der Waals surface area contributed by atoms with E-state index in [1.807, 2.05) is 0 Å². The number of likely N-dealkylation sites (N-methyl/N-ethyl adjacent to an activating group) is 1. The molecule has 0 aromatic heterocycles. The van der Waals surface area contributed by atoms with Crippen molar-refractivity contribution in [2.45, 2.75) is 65.2 Å². The molecule has 4 atom stereocenters. The molecule has 148 valence electrons. The third-order valence-corrected chi connectivity index (χ3v) is 4.50. The Kier molecular flexibility index (Phi) is 7.14. The summed E-state index contributed by atoms with van der Waals surface area (Å²) in [6, 6.07) is -2.84. The minimum atomic E-state index is -1.13. The van der Waals surface area contributed by atoms with E-state index in [2.05, 4.69) is 16.0 Å². The van der Waals surface area contributed by atoms with Crippen molar-refractivity contribution in [2.75, 3.05) is 13.6 Å². The number of carbonyl (C=O) groups is 4. The number of carboxylic acid groups (broad SMARTS) is 1. The number of likely N-dealkylation sites (tertiary alicyclic amines) is 1. The molecule has 0 aliphatic carbocycles. The van der Waals surface area contributed by atoms with Crippen molar-refractivity contribution in [2.24, 2.45) is 5.41 Å². The van der Waals surface area contributed by atoms with Gasteiger partial charge in [-0.25, -0.2) is 4.79 Å². The quantitative estimate of drug-likeness (QED) is 0.490. The van der Waals surface area contributed by atoms with Crippen LogP contribution in [0.3, 0.4) is 0 Å². The molecule has 0 radical (unpaired) electrons. The summed E-state index contributed by atoms with van der Waals surface area (Å²) < 4.78 is 0. The van der Waals surface area contributed by atoms with Crippen LogP contribution in [0.5, 0.6) is 0 Å². The fourth-order valence-corrected chi connectivity index (χ4v) is 2.92. The van der Waals surface area contributed by atoms with Crippen molar-refractivity contribution in [3.63, 3.8) is 0 Å². The summed E-state index contributed by atoms with van der Waals surface area (Å²) in [4.78, 5) is 49.5. The topological polar surface area (TPSA) is 128 Å². The molecule has 0 aromatic rings. The van der Waals surface area contributed by atoms with Crippen LogP contribution in [-0.2, 0) is 19.2 Å². The van der Waals surface area contributed by atoms with Crippen LogP contribution in [0.4, 0.5) is 0 Å². The van der Waals surface area contributed by atoms with Gasteiger partial charge in [0.2, 0.25) is 17.7 Å². The Morgan fingerprint density at radius 3 is 2.19 bits per heavy atom. The minimum absolute atomic E-state index is 0.0966. The van der Waals surface area contributed by atoms with Gasteiger partial charge in [-0.3, -0.25) is 14.4 Å². The molecule has 0 spiro atoms. The normalized spacial score (nSPS) is 22.5. The summed E-state index contributed by atoms with van der Waals surface area (Å²) in [5.74, 6) is -2.22. The number of nitrogens with zero attached hydrogens (tertiary/aromatic N) is 1. The molecule has 4 N–H and O–H groups in total. The van der Waals surface area contributed by atoms with Crippen LogP contribution < -0.4 is 16.0 Å². The van der Waals surface area contributed by atoms with E-state index in [0.29, 0.717) is 0 Å². The molecule has 1 aliphatic heterocycles. The molecule has 0 bridgehead atoms. The maximum Gasteiger partial charge on any atom is 0.326 e. The van der Waals surface area contributed by atoms with Crippen LogP contribution in [-0.4, -0.2) is 71.5 Å². The Morgan fingerprint density at radius 2 is 1.77 bits per heavy atom. The van der Waals surface area contributed by atoms with E-state index in [4.69, 9.17) is 0 Å². The van der Waals surface area contributed by atoms with Gasteiger partial charge in [-0.1, -0.05) is 20.8 Å². The van der Waals surface area contributed by atoms with Crippen molar-refractivity contribution < 1.29 is 24.3 Å². The lowest BCUT2D eigenvalue weighted by atomic mass is 9.85. The zero-order chi connectivity index (χ0) is 20.2. The number of aliphatic carboxylic acids is 1. The Bertz CT molecular complexity index is 572. The molecule has 0 saturated carbocycles. The number of amides is 3. The highest BCUT2D eigenvalue weighted by Crippen LogP contribution is 2.26. The van der Waals surface area contributed by atoms with Crippen molar-refractivity contribution in [3.8, 4) is 0 Å². The summed E-state index contributed by atoms with van der Waals surface area (Å²) in [5.41, 5.74) is -0.616. The van der Waals surface area contributed by atoms with Gasteiger partial charge < -0.3 is 26.0 Å². The van der Waals surface area contributed by atoms with Crippen LogP contribution >= 0.6 is 0 Å². The molecule has 0 aromatic carbocycles. The number of carbonyl (C=O) groups excluding carboxylic acids is 3. The van der Waals surface area contributed by atoms with E-state index in [0.717, 1.165) is 0 Å². The van der Waals surface area contributed by atoms with E-state index in [1.54, 1.807) is 34.7 Å². The molecule has 26 heavy (non-hydrogen) atoms. The summed E-state index contributed by atoms with van der Waals surface area (Å²) in [6.45, 7) is 8.52. The minimum Gasteiger partial charge on any atom is -0.480 e. The van der Waals surface area contributed by atoms with E-state index in [9.17, 15) is 24.3 Å². The summed E-state index contributed by atoms with van der Waals surface area (Å²) in [7, 11) is 1.64. The molecule has 0 unspecified atom stereocenters. The molecular weight excluding hydrogens is 340 g/mol. The van der Waals surface area contributed by atoms with E-state index < -0.39 is 41.5 Å². The van der Waals surface area contributed by atoms with Gasteiger partial charge in [0.15, 0.2) is 0 Å². The first-order valence-corrected chi connectivity index (χ1v) is 8.66. The first-order valence-electron chi connectivity index (χ1n) is 8.66. The Hall–Kier alpha value is -2.16. The van der Waals surface area contributed by atoms with Crippen LogP contribution in [0.1, 0.15) is 41.0 Å². The highest BCUT2D eigenvalue weighted by molar-refractivity contribution is 5.92. The zero-order valence-corrected chi connectivity index (χ0v) is 16.3. The maximum absolute atomic E-state index is 13.1. The standard InChI is InChI=1S/C17H30N4O5/c1-9(18-6)14(23)20-13(17(3,4)5)15(24)21-8-11(19-10(2)22)7-12(21)16(25)26/h9,11-13,18H,7-8H2,1-6H3,(H,19,22)(H,20,23)(H,25,26)/t9-,11-,12-,13+/m0/s1. The SMILES string of the molecule is CN[C@@H](C)C(=O)N[C@H](C(=O)N1C[C@@H](NC(C)=O)C[C@H]1C(=O)O)C(C)(C)C. The molecule has 1 heterocycles. The van der Waals surface area contributed by atoms with Gasteiger partial charge in [-0.2, -0.15) is 0 Å². The zero-order valence-electron chi connectivity index (χ0n) is 16.3. The first kappa shape index (κ1) is 21.9. The van der Waals surface area contributed by atoms with Crippen LogP contribution in [0.25, 0.3) is 0 Å². The van der Waals surface area contributed by atoms with Crippen molar-refractivity contribution >= 4 is 23.7 Å². The van der Waals surface area contributed by atoms with Crippen molar-refractivity contribution in [1.29, 1.82) is 0 Å². The molecule has 1 saturated heterocycles. The molecule has 3 amide bonds. The number of rotatable bonds is 6. The Labute approximate surface area is 153 Å². The largest absolute Gasteiger partial charge is 0.480 e. The van der Waals surface area contributed by atoms with Gasteiger partial charge in [0, 0.05) is 25.9 Å². The number of hydrogen-bond donors (Lipinski definition) is 4. The third-order valence-electron chi connectivity index (χ3n) is 4.50. The molecule has 9 heteroatoms. The predicted molar refractivity (Wildman–Crippen MR) is 95.3 cm³/mol. The highest BCUT2D eigenvalue weighted by atomic mass is 16.4. The fourth-order valence-electron chi connectivity index (χ4n) is 2.92. The average Bonchev–Trinajstić information content (AvgIpc) is 2.93. The average molecular weight is 370 g/mol. The van der Waals surface area contributed by atoms with Crippen molar-refractivity contribution in [3.05, 3.63) is 0 Å². The lowest BCUT2D eigenvalue weighted by molar-refractivity contribution is -0.150. The van der Waals surface area contributed by atoms with Gasteiger partial charge in [0.1, 0.15) is 12.1 Å². The summed E-state index contributed by atoms with van der Waals surface area (Å²) in [5, 5.41) is 17.7. The summed E-state index contributed by atoms with van der Waals surface area (Å²) in [6.07, 6.45) is 0.137. The van der Waals surface area contributed by atoms with E-state index >= 15 is 0 Å². The second kappa shape index (κ2) is 8.48. The second-order valence-corrected chi connectivity index (χ2v) is 7.80. The van der Waals surface area contributed by atoms with Gasteiger partial charge >= 0.3 is 5.97 Å². The van der Waals surface area contributed by atoms with E-state index in [-0.39, 0.29) is 24.8 Å². The van der Waals surface area contributed by atoms with Gasteiger partial charge in [-0.05, 0) is 19.4 Å². The number of hydrogen-bond acceptors (Lipinski definition) is 5. The molecular formula is C17H30N4O5. The smallest absolute Gasteiger partial charge is 0.326 e. The monoisotopic (exact) mass is 370 g/mol. The fraction of sp³-hybridized carbons (Fsp3) is 0.765. The highest BCUT2D eigenvalue weighted by Gasteiger charge is 2.45. The Morgan fingerprint density at radius 1 is 1.19 bits per heavy atom. The second-order valence-electron chi connectivity index (χ2n) is 7.80. The number of nitrogens with one attached hydrogen (secondary N) is 3.